The first-order chi connectivity index (χ1) is 8.85. The number of hydrogen-bond donors (Lipinski definition) is 3. The second-order valence-electron chi connectivity index (χ2n) is 5.31. The third-order valence-corrected chi connectivity index (χ3v) is 3.01. The highest BCUT2D eigenvalue weighted by molar-refractivity contribution is 5.86. The minimum atomic E-state index is -0.572. The Morgan fingerprint density at radius 3 is 2.47 bits per heavy atom. The molecule has 0 aromatic heterocycles. The molecule has 104 valence electrons. The van der Waals surface area contributed by atoms with E-state index in [1.807, 2.05) is 31.2 Å². The van der Waals surface area contributed by atoms with Crippen LogP contribution in [0.2, 0.25) is 0 Å². The molecule has 0 aliphatic heterocycles. The van der Waals surface area contributed by atoms with Crippen LogP contribution in [0, 0.1) is 12.3 Å². The van der Waals surface area contributed by atoms with Crippen molar-refractivity contribution in [2.45, 2.75) is 27.2 Å². The van der Waals surface area contributed by atoms with Gasteiger partial charge in [0.1, 0.15) is 5.84 Å². The topological polar surface area (TPSA) is 87.7 Å². The molecule has 0 radical (unpaired) electrons. The summed E-state index contributed by atoms with van der Waals surface area (Å²) in [6, 6.07) is 7.82. The number of nitrogens with zero attached hydrogens (tertiary/aromatic N) is 1. The second kappa shape index (κ2) is 6.22. The first kappa shape index (κ1) is 15.0. The molecular weight excluding hydrogens is 242 g/mol. The summed E-state index contributed by atoms with van der Waals surface area (Å²) in [7, 11) is 0. The molecule has 4 N–H and O–H groups in total. The summed E-state index contributed by atoms with van der Waals surface area (Å²) in [6.07, 6.45) is 0.326. The van der Waals surface area contributed by atoms with Crippen LogP contribution in [0.4, 0.5) is 0 Å². The van der Waals surface area contributed by atoms with Gasteiger partial charge in [-0.2, -0.15) is 0 Å². The van der Waals surface area contributed by atoms with E-state index in [0.29, 0.717) is 13.0 Å². The van der Waals surface area contributed by atoms with E-state index in [1.165, 1.54) is 0 Å². The fourth-order valence-corrected chi connectivity index (χ4v) is 1.50. The fourth-order valence-electron chi connectivity index (χ4n) is 1.50. The molecule has 0 heterocycles. The molecule has 1 amide bonds. The summed E-state index contributed by atoms with van der Waals surface area (Å²) < 4.78 is 0. The van der Waals surface area contributed by atoms with Crippen molar-refractivity contribution in [3.05, 3.63) is 35.4 Å². The van der Waals surface area contributed by atoms with E-state index < -0.39 is 5.41 Å². The molecule has 0 spiro atoms. The minimum absolute atomic E-state index is 0.0809. The zero-order valence-electron chi connectivity index (χ0n) is 11.6. The number of carbonyl (C=O) groups excluding carboxylic acids is 1. The number of benzene rings is 1. The lowest BCUT2D eigenvalue weighted by Gasteiger charge is -2.23. The highest BCUT2D eigenvalue weighted by atomic mass is 16.4. The van der Waals surface area contributed by atoms with Gasteiger partial charge in [-0.3, -0.25) is 4.79 Å². The molecule has 1 rings (SSSR count). The molecule has 0 aliphatic rings. The maximum Gasteiger partial charge on any atom is 0.224 e. The van der Waals surface area contributed by atoms with E-state index in [4.69, 9.17) is 10.9 Å². The standard InChI is InChI=1S/C14H21N3O2/c1-10-4-6-11(7-5-10)8-12(18)16-9-14(2,3)13(15)17-19/h4-7,19H,8-9H2,1-3H3,(H2,15,17)(H,16,18). The van der Waals surface area contributed by atoms with Gasteiger partial charge in [-0.1, -0.05) is 48.8 Å². The molecule has 0 bridgehead atoms. The van der Waals surface area contributed by atoms with Gasteiger partial charge in [0.05, 0.1) is 6.42 Å². The van der Waals surface area contributed by atoms with Crippen LogP contribution in [0.25, 0.3) is 0 Å². The molecule has 0 saturated carbocycles. The Balaban J connectivity index is 2.50. The number of nitrogens with one attached hydrogen (secondary N) is 1. The van der Waals surface area contributed by atoms with Crippen LogP contribution in [0.15, 0.2) is 29.4 Å². The Bertz CT molecular complexity index is 464. The SMILES string of the molecule is Cc1ccc(CC(=O)NCC(C)(C)/C(N)=N/O)cc1. The summed E-state index contributed by atoms with van der Waals surface area (Å²) >= 11 is 0. The Morgan fingerprint density at radius 2 is 1.95 bits per heavy atom. The number of amidine groups is 1. The lowest BCUT2D eigenvalue weighted by molar-refractivity contribution is -0.120. The van der Waals surface area contributed by atoms with Gasteiger partial charge in [-0.25, -0.2) is 0 Å². The predicted molar refractivity (Wildman–Crippen MR) is 75.1 cm³/mol. The van der Waals surface area contributed by atoms with Crippen LogP contribution < -0.4 is 11.1 Å². The fraction of sp³-hybridized carbons (Fsp3) is 0.429. The molecule has 0 atom stereocenters. The molecule has 19 heavy (non-hydrogen) atoms. The van der Waals surface area contributed by atoms with Crippen LogP contribution in [0.5, 0.6) is 0 Å². The normalized spacial score (nSPS) is 12.3. The average molecular weight is 263 g/mol. The summed E-state index contributed by atoms with van der Waals surface area (Å²) in [4.78, 5) is 11.8. The highest BCUT2D eigenvalue weighted by Gasteiger charge is 2.24. The van der Waals surface area contributed by atoms with Crippen molar-refractivity contribution in [1.29, 1.82) is 0 Å². The molecule has 0 aliphatic carbocycles. The summed E-state index contributed by atoms with van der Waals surface area (Å²) in [5.41, 5.74) is 7.11. The summed E-state index contributed by atoms with van der Waals surface area (Å²) in [6.45, 7) is 5.93. The Morgan fingerprint density at radius 1 is 1.37 bits per heavy atom. The third kappa shape index (κ3) is 4.62. The second-order valence-corrected chi connectivity index (χ2v) is 5.31. The number of hydrogen-bond acceptors (Lipinski definition) is 3. The first-order valence-corrected chi connectivity index (χ1v) is 6.15. The van der Waals surface area contributed by atoms with Crippen molar-refractivity contribution in [2.75, 3.05) is 6.54 Å². The smallest absolute Gasteiger partial charge is 0.224 e. The maximum atomic E-state index is 11.8. The number of aryl methyl sites for hydroxylation is 1. The van der Waals surface area contributed by atoms with E-state index in [2.05, 4.69) is 10.5 Å². The van der Waals surface area contributed by atoms with Crippen LogP contribution in [-0.2, 0) is 11.2 Å². The number of rotatable bonds is 5. The Kier molecular flexibility index (Phi) is 4.92. The van der Waals surface area contributed by atoms with Gasteiger partial charge in [-0.05, 0) is 12.5 Å². The number of carbonyl (C=O) groups is 1. The molecule has 5 heteroatoms. The summed E-state index contributed by atoms with van der Waals surface area (Å²) in [5.74, 6) is 0.0193. The van der Waals surface area contributed by atoms with E-state index >= 15 is 0 Å². The Labute approximate surface area is 113 Å². The third-order valence-electron chi connectivity index (χ3n) is 3.01. The number of amides is 1. The highest BCUT2D eigenvalue weighted by Crippen LogP contribution is 2.13. The largest absolute Gasteiger partial charge is 0.409 e. The molecule has 5 nitrogen and oxygen atoms in total. The zero-order chi connectivity index (χ0) is 14.5. The molecular formula is C14H21N3O2. The van der Waals surface area contributed by atoms with Gasteiger partial charge >= 0.3 is 0 Å². The Hall–Kier alpha value is -2.04. The minimum Gasteiger partial charge on any atom is -0.409 e. The molecule has 1 aromatic rings. The van der Waals surface area contributed by atoms with Crippen LogP contribution in [-0.4, -0.2) is 23.5 Å². The van der Waals surface area contributed by atoms with E-state index in [-0.39, 0.29) is 11.7 Å². The van der Waals surface area contributed by atoms with Gasteiger partial charge in [-0.15, -0.1) is 0 Å². The van der Waals surface area contributed by atoms with Crippen molar-refractivity contribution in [3.63, 3.8) is 0 Å². The van der Waals surface area contributed by atoms with Crippen LogP contribution in [0.1, 0.15) is 25.0 Å². The lowest BCUT2D eigenvalue weighted by atomic mass is 9.92. The van der Waals surface area contributed by atoms with Crippen molar-refractivity contribution >= 4 is 11.7 Å². The predicted octanol–water partition coefficient (Wildman–Crippen LogP) is 1.43. The quantitative estimate of drug-likeness (QED) is 0.325. The van der Waals surface area contributed by atoms with Gasteiger partial charge in [0.15, 0.2) is 0 Å². The molecule has 0 fully saturated rings. The van der Waals surface area contributed by atoms with E-state index in [9.17, 15) is 4.79 Å². The van der Waals surface area contributed by atoms with Crippen molar-refractivity contribution < 1.29 is 10.0 Å². The molecule has 0 saturated heterocycles. The van der Waals surface area contributed by atoms with Gasteiger partial charge in [0, 0.05) is 12.0 Å². The first-order valence-electron chi connectivity index (χ1n) is 6.15. The van der Waals surface area contributed by atoms with E-state index in [1.54, 1.807) is 13.8 Å². The molecule has 0 unspecified atom stereocenters. The number of nitrogens with two attached hydrogens (primary N) is 1. The van der Waals surface area contributed by atoms with Gasteiger partial charge in [0.25, 0.3) is 0 Å². The maximum absolute atomic E-state index is 11.8. The van der Waals surface area contributed by atoms with Crippen molar-refractivity contribution in [1.82, 2.24) is 5.32 Å². The monoisotopic (exact) mass is 263 g/mol. The lowest BCUT2D eigenvalue weighted by Crippen LogP contribution is -2.43. The summed E-state index contributed by atoms with van der Waals surface area (Å²) in [5, 5.41) is 14.4. The number of oxime groups is 1. The molecule has 1 aromatic carbocycles. The van der Waals surface area contributed by atoms with Crippen LogP contribution >= 0.6 is 0 Å². The van der Waals surface area contributed by atoms with E-state index in [0.717, 1.165) is 11.1 Å². The average Bonchev–Trinajstić information content (AvgIpc) is 2.38. The van der Waals surface area contributed by atoms with Crippen molar-refractivity contribution in [2.24, 2.45) is 16.3 Å². The van der Waals surface area contributed by atoms with Crippen molar-refractivity contribution in [3.8, 4) is 0 Å². The van der Waals surface area contributed by atoms with Gasteiger partial charge < -0.3 is 16.3 Å². The van der Waals surface area contributed by atoms with Crippen LogP contribution in [0.3, 0.4) is 0 Å². The zero-order valence-corrected chi connectivity index (χ0v) is 11.6. The van der Waals surface area contributed by atoms with Gasteiger partial charge in [0.2, 0.25) is 5.91 Å².